The zero-order valence-corrected chi connectivity index (χ0v) is 22.9. The molecule has 7 rings (SSSR count). The van der Waals surface area contributed by atoms with Gasteiger partial charge in [0.15, 0.2) is 5.65 Å². The molecule has 1 aliphatic heterocycles. The molecule has 3 aliphatic rings. The van der Waals surface area contributed by atoms with E-state index in [1.165, 1.54) is 22.7 Å². The highest BCUT2D eigenvalue weighted by molar-refractivity contribution is 6.13. The maximum atomic E-state index is 15.6. The van der Waals surface area contributed by atoms with Crippen molar-refractivity contribution < 1.29 is 18.8 Å². The van der Waals surface area contributed by atoms with Gasteiger partial charge in [-0.2, -0.15) is 4.39 Å². The number of halogens is 1. The van der Waals surface area contributed by atoms with Crippen LogP contribution < -0.4 is 15.5 Å². The number of nitrogens with zero attached hydrogens (tertiary/aromatic N) is 8. The number of amides is 4. The van der Waals surface area contributed by atoms with Crippen LogP contribution in [-0.4, -0.2) is 65.7 Å². The van der Waals surface area contributed by atoms with Crippen LogP contribution in [0.5, 0.6) is 0 Å². The molecule has 14 heteroatoms. The van der Waals surface area contributed by atoms with Crippen LogP contribution in [-0.2, 0) is 16.1 Å². The van der Waals surface area contributed by atoms with Gasteiger partial charge in [-0.15, -0.1) is 0 Å². The van der Waals surface area contributed by atoms with Crippen molar-refractivity contribution in [3.05, 3.63) is 65.6 Å². The zero-order valence-electron chi connectivity index (χ0n) is 22.9. The molecule has 2 aliphatic carbocycles. The minimum absolute atomic E-state index is 0.0156. The lowest BCUT2D eigenvalue weighted by molar-refractivity contribution is -0.124. The van der Waals surface area contributed by atoms with Gasteiger partial charge in [-0.25, -0.2) is 29.7 Å². The fraction of sp³-hybridized carbons (Fsp3) is 0.357. The lowest BCUT2D eigenvalue weighted by Gasteiger charge is -2.17. The van der Waals surface area contributed by atoms with Crippen LogP contribution in [0.15, 0.2) is 36.9 Å². The van der Waals surface area contributed by atoms with Crippen molar-refractivity contribution in [3.63, 3.8) is 0 Å². The minimum Gasteiger partial charge on any atom is -0.364 e. The summed E-state index contributed by atoms with van der Waals surface area (Å²) in [5.74, 6) is 0.265. The van der Waals surface area contributed by atoms with Crippen LogP contribution >= 0.6 is 0 Å². The molecule has 5 heterocycles. The van der Waals surface area contributed by atoms with Gasteiger partial charge in [-0.05, 0) is 49.8 Å². The zero-order chi connectivity index (χ0) is 29.1. The van der Waals surface area contributed by atoms with E-state index in [0.717, 1.165) is 29.0 Å². The Morgan fingerprint density at radius 3 is 2.67 bits per heavy atom. The Morgan fingerprint density at radius 2 is 1.93 bits per heavy atom. The summed E-state index contributed by atoms with van der Waals surface area (Å²) in [7, 11) is 1.42. The number of likely N-dealkylation sites (N-methyl/N-ethyl adjacent to an activating group) is 1. The van der Waals surface area contributed by atoms with Crippen LogP contribution in [0, 0.1) is 18.8 Å². The maximum Gasteiger partial charge on any atom is 0.331 e. The molecule has 1 saturated heterocycles. The Labute approximate surface area is 239 Å². The molecule has 13 nitrogen and oxygen atoms in total. The molecule has 4 aromatic heterocycles. The van der Waals surface area contributed by atoms with Crippen LogP contribution in [0.25, 0.3) is 5.65 Å². The highest BCUT2D eigenvalue weighted by Crippen LogP contribution is 2.46. The standard InChI is InChI=1S/C28H27FN10O3/c1-14-5-6-30-25(34-14)17-8-18(17)27(41)36-22-9-21(32-13-33-22)31-10-19-24(29)39-11-16(15-3-4-15)7-20(26(39)35-19)38-12-23(40)37(2)28(38)42/h5-7,9,11,13,15,17-18H,3-4,8,10,12H2,1-2H3,(H2,31,32,33,36,41)/t17-,18-/m0/s1. The van der Waals surface area contributed by atoms with Crippen LogP contribution in [0.2, 0.25) is 0 Å². The molecule has 2 atom stereocenters. The molecule has 3 fully saturated rings. The second-order valence-corrected chi connectivity index (χ2v) is 10.9. The summed E-state index contributed by atoms with van der Waals surface area (Å²) in [6, 6.07) is 4.73. The molecule has 0 spiro atoms. The number of aromatic nitrogens is 6. The summed E-state index contributed by atoms with van der Waals surface area (Å²) in [6.45, 7) is 1.74. The van der Waals surface area contributed by atoms with Crippen LogP contribution in [0.4, 0.5) is 26.5 Å². The van der Waals surface area contributed by atoms with Gasteiger partial charge < -0.3 is 10.6 Å². The highest BCUT2D eigenvalue weighted by Gasteiger charge is 2.46. The van der Waals surface area contributed by atoms with Crippen molar-refractivity contribution in [3.8, 4) is 0 Å². The normalized spacial score (nSPS) is 20.0. The van der Waals surface area contributed by atoms with Crippen molar-refractivity contribution in [2.24, 2.45) is 5.92 Å². The fourth-order valence-electron chi connectivity index (χ4n) is 5.24. The molecule has 4 amide bonds. The molecule has 4 aromatic rings. The first-order valence-corrected chi connectivity index (χ1v) is 13.7. The quantitative estimate of drug-likeness (QED) is 0.305. The summed E-state index contributed by atoms with van der Waals surface area (Å²) < 4.78 is 17.0. The Bertz CT molecular complexity index is 1770. The van der Waals surface area contributed by atoms with Crippen molar-refractivity contribution in [2.75, 3.05) is 29.1 Å². The third-order valence-corrected chi connectivity index (χ3v) is 7.88. The lowest BCUT2D eigenvalue weighted by Crippen LogP contribution is -2.30. The molecular weight excluding hydrogens is 543 g/mol. The average Bonchev–Trinajstić information content (AvgIpc) is 3.91. The molecule has 0 aromatic carbocycles. The van der Waals surface area contributed by atoms with Crippen molar-refractivity contribution >= 4 is 40.8 Å². The lowest BCUT2D eigenvalue weighted by atomic mass is 10.1. The van der Waals surface area contributed by atoms with E-state index in [4.69, 9.17) is 0 Å². The molecule has 0 unspecified atom stereocenters. The molecule has 0 bridgehead atoms. The molecule has 2 saturated carbocycles. The van der Waals surface area contributed by atoms with Gasteiger partial charge in [0.2, 0.25) is 17.8 Å². The predicted octanol–water partition coefficient (Wildman–Crippen LogP) is 2.99. The van der Waals surface area contributed by atoms with Gasteiger partial charge >= 0.3 is 6.03 Å². The number of carbonyl (C=O) groups excluding carboxylic acids is 3. The number of pyridine rings is 1. The molecule has 214 valence electrons. The van der Waals surface area contributed by atoms with E-state index < -0.39 is 12.0 Å². The van der Waals surface area contributed by atoms with E-state index in [2.05, 4.69) is 35.6 Å². The molecule has 2 N–H and O–H groups in total. The first kappa shape index (κ1) is 25.9. The molecular formula is C28H27FN10O3. The highest BCUT2D eigenvalue weighted by atomic mass is 19.1. The molecule has 42 heavy (non-hydrogen) atoms. The summed E-state index contributed by atoms with van der Waals surface area (Å²) in [5, 5.41) is 5.86. The van der Waals surface area contributed by atoms with E-state index in [9.17, 15) is 14.4 Å². The largest absolute Gasteiger partial charge is 0.364 e. The van der Waals surface area contributed by atoms with Crippen molar-refractivity contribution in [1.29, 1.82) is 0 Å². The number of imidazole rings is 1. The van der Waals surface area contributed by atoms with E-state index in [1.54, 1.807) is 18.5 Å². The number of urea groups is 1. The Hall–Kier alpha value is -5.01. The van der Waals surface area contributed by atoms with Gasteiger partial charge in [-0.3, -0.25) is 23.8 Å². The number of imide groups is 1. The summed E-state index contributed by atoms with van der Waals surface area (Å²) in [6.07, 6.45) is 7.33. The number of anilines is 3. The first-order valence-electron chi connectivity index (χ1n) is 13.7. The number of aryl methyl sites for hydroxylation is 1. The number of carbonyl (C=O) groups is 3. The van der Waals surface area contributed by atoms with Gasteiger partial charge in [0.25, 0.3) is 0 Å². The number of fused-ring (bicyclic) bond motifs is 1. The number of hydrogen-bond acceptors (Lipinski definition) is 9. The van der Waals surface area contributed by atoms with Gasteiger partial charge in [0, 0.05) is 43.0 Å². The number of rotatable bonds is 8. The van der Waals surface area contributed by atoms with E-state index >= 15 is 4.39 Å². The van der Waals surface area contributed by atoms with E-state index in [0.29, 0.717) is 29.6 Å². The Kier molecular flexibility index (Phi) is 6.06. The van der Waals surface area contributed by atoms with Crippen LogP contribution in [0.1, 0.15) is 53.9 Å². The fourth-order valence-corrected chi connectivity index (χ4v) is 5.24. The predicted molar refractivity (Wildman–Crippen MR) is 148 cm³/mol. The monoisotopic (exact) mass is 570 g/mol. The smallest absolute Gasteiger partial charge is 0.331 e. The minimum atomic E-state index is -0.576. The summed E-state index contributed by atoms with van der Waals surface area (Å²) in [5.41, 5.74) is 2.50. The second-order valence-electron chi connectivity index (χ2n) is 10.9. The SMILES string of the molecule is Cc1ccnc([C@H]2C[C@@H]2C(=O)Nc2cc(NCc3nc4c(N5CC(=O)N(C)C5=O)cc(C5CC5)cn4c3F)ncn2)n1. The average molecular weight is 571 g/mol. The topological polar surface area (TPSA) is 151 Å². The molecule has 0 radical (unpaired) electrons. The van der Waals surface area contributed by atoms with E-state index in [1.807, 2.05) is 19.1 Å². The van der Waals surface area contributed by atoms with Gasteiger partial charge in [-0.1, -0.05) is 0 Å². The Balaban J connectivity index is 1.08. The second kappa shape index (κ2) is 9.82. The Morgan fingerprint density at radius 1 is 1.12 bits per heavy atom. The third-order valence-electron chi connectivity index (χ3n) is 7.88. The van der Waals surface area contributed by atoms with Crippen molar-refractivity contribution in [2.45, 2.75) is 44.6 Å². The van der Waals surface area contributed by atoms with Crippen LogP contribution in [0.3, 0.4) is 0 Å². The van der Waals surface area contributed by atoms with Crippen molar-refractivity contribution in [1.82, 2.24) is 34.2 Å². The van der Waals surface area contributed by atoms with Gasteiger partial charge in [0.1, 0.15) is 36.0 Å². The number of hydrogen-bond donors (Lipinski definition) is 2. The van der Waals surface area contributed by atoms with E-state index in [-0.39, 0.29) is 54.0 Å². The first-order chi connectivity index (χ1) is 20.3. The summed E-state index contributed by atoms with van der Waals surface area (Å²) in [4.78, 5) is 61.7. The summed E-state index contributed by atoms with van der Waals surface area (Å²) >= 11 is 0. The number of nitrogens with one attached hydrogen (secondary N) is 2. The third kappa shape index (κ3) is 4.67. The maximum absolute atomic E-state index is 15.6. The van der Waals surface area contributed by atoms with Gasteiger partial charge in [0.05, 0.1) is 12.2 Å².